The van der Waals surface area contributed by atoms with Crippen LogP contribution in [0.25, 0.3) is 6.08 Å². The molecule has 0 heterocycles. The molecule has 0 atom stereocenters. The fraction of sp³-hybridized carbons (Fsp3) is 0. The van der Waals surface area contributed by atoms with Gasteiger partial charge in [-0.25, -0.2) is 4.79 Å². The molecule has 8 nitrogen and oxygen atoms in total. The Morgan fingerprint density at radius 1 is 1.03 bits per heavy atom. The van der Waals surface area contributed by atoms with Crippen LogP contribution in [0.2, 0.25) is 0 Å². The van der Waals surface area contributed by atoms with Crippen LogP contribution in [0.5, 0.6) is 5.75 Å². The molecule has 0 saturated heterocycles. The summed E-state index contributed by atoms with van der Waals surface area (Å²) in [6.07, 6.45) is 1.15. The van der Waals surface area contributed by atoms with Crippen LogP contribution < -0.4 is 9.50 Å². The van der Waals surface area contributed by atoms with E-state index in [4.69, 9.17) is 4.18 Å². The Bertz CT molecular complexity index is 1400. The molecule has 0 aliphatic rings. The molecule has 0 fully saturated rings. The monoisotopic (exact) mass is 526 g/mol. The number of nitriles is 1. The van der Waals surface area contributed by atoms with E-state index in [2.05, 4.69) is 21.2 Å². The average molecular weight is 527 g/mol. The Hall–Kier alpha value is -3.94. The number of carbonyl (C=O) groups excluding carboxylic acids is 1. The summed E-state index contributed by atoms with van der Waals surface area (Å²) in [7, 11) is -4.17. The van der Waals surface area contributed by atoms with Gasteiger partial charge in [0.15, 0.2) is 0 Å². The molecule has 3 aromatic rings. The van der Waals surface area contributed by atoms with Gasteiger partial charge in [0, 0.05) is 10.0 Å². The molecule has 0 spiro atoms. The Kier molecular flexibility index (Phi) is 7.27. The van der Waals surface area contributed by atoms with Crippen LogP contribution in [0, 0.1) is 11.3 Å². The number of hydrogen-bond donors (Lipinski definition) is 2. The molecule has 1 amide bonds. The van der Waals surface area contributed by atoms with Crippen molar-refractivity contribution in [3.63, 3.8) is 0 Å². The predicted molar refractivity (Wildman–Crippen MR) is 124 cm³/mol. The maximum Gasteiger partial charge on any atom is 0.339 e. The minimum Gasteiger partial charge on any atom is -0.478 e. The van der Waals surface area contributed by atoms with E-state index in [9.17, 15) is 28.4 Å². The van der Waals surface area contributed by atoms with Gasteiger partial charge in [-0.3, -0.25) is 4.79 Å². The third-order valence-electron chi connectivity index (χ3n) is 4.27. The number of benzene rings is 3. The number of amides is 1. The van der Waals surface area contributed by atoms with Gasteiger partial charge in [-0.1, -0.05) is 46.3 Å². The maximum absolute atomic E-state index is 12.7. The molecule has 0 aliphatic heterocycles. The number of carbonyl (C=O) groups is 2. The second-order valence-corrected chi connectivity index (χ2v) is 8.97. The summed E-state index contributed by atoms with van der Waals surface area (Å²) >= 11 is 3.27. The highest BCUT2D eigenvalue weighted by Crippen LogP contribution is 2.29. The van der Waals surface area contributed by atoms with Crippen molar-refractivity contribution in [3.8, 4) is 11.8 Å². The molecule has 2 N–H and O–H groups in total. The Labute approximate surface area is 198 Å². The first-order chi connectivity index (χ1) is 15.7. The number of hydrogen-bond acceptors (Lipinski definition) is 6. The first kappa shape index (κ1) is 23.7. The molecule has 3 aromatic carbocycles. The Morgan fingerprint density at radius 2 is 1.70 bits per heavy atom. The number of aromatic carboxylic acids is 1. The van der Waals surface area contributed by atoms with Crippen molar-refractivity contribution in [2.45, 2.75) is 4.90 Å². The summed E-state index contributed by atoms with van der Waals surface area (Å²) in [5.41, 5.74) is -0.394. The number of rotatable bonds is 7. The average Bonchev–Trinajstić information content (AvgIpc) is 2.79. The van der Waals surface area contributed by atoms with Crippen molar-refractivity contribution in [1.82, 2.24) is 0 Å². The quantitative estimate of drug-likeness (QED) is 0.263. The number of anilines is 1. The van der Waals surface area contributed by atoms with E-state index in [0.29, 0.717) is 4.47 Å². The van der Waals surface area contributed by atoms with E-state index in [1.807, 2.05) is 0 Å². The fourth-order valence-electron chi connectivity index (χ4n) is 2.73. The van der Waals surface area contributed by atoms with Crippen molar-refractivity contribution in [1.29, 1.82) is 5.26 Å². The number of nitrogens with one attached hydrogen (secondary N) is 1. The van der Waals surface area contributed by atoms with Crippen molar-refractivity contribution in [3.05, 3.63) is 94.0 Å². The van der Waals surface area contributed by atoms with E-state index in [-0.39, 0.29) is 27.5 Å². The summed E-state index contributed by atoms with van der Waals surface area (Å²) < 4.78 is 31.0. The van der Waals surface area contributed by atoms with Gasteiger partial charge in [0.2, 0.25) is 0 Å². The molecular formula is C23H15BrN2O6S. The first-order valence-electron chi connectivity index (χ1n) is 9.26. The molecule has 3 rings (SSSR count). The second kappa shape index (κ2) is 10.1. The van der Waals surface area contributed by atoms with Crippen LogP contribution in [0.15, 0.2) is 87.7 Å². The van der Waals surface area contributed by atoms with Gasteiger partial charge in [0.1, 0.15) is 22.3 Å². The van der Waals surface area contributed by atoms with Crippen LogP contribution in [0.3, 0.4) is 0 Å². The highest BCUT2D eigenvalue weighted by Gasteiger charge is 2.20. The van der Waals surface area contributed by atoms with Crippen molar-refractivity contribution >= 4 is 49.7 Å². The van der Waals surface area contributed by atoms with Crippen LogP contribution >= 0.6 is 15.9 Å². The summed E-state index contributed by atoms with van der Waals surface area (Å²) in [6.45, 7) is 0. The zero-order valence-corrected chi connectivity index (χ0v) is 19.1. The minimum atomic E-state index is -4.17. The molecular weight excluding hydrogens is 512 g/mol. The molecule has 33 heavy (non-hydrogen) atoms. The normalized spacial score (nSPS) is 11.3. The number of para-hydroxylation sites is 1. The van der Waals surface area contributed by atoms with E-state index < -0.39 is 27.6 Å². The standard InChI is InChI=1S/C23H15BrN2O6S/c24-17-10-11-21(32-33(30,31)18-6-2-1-3-7-18)15(13-17)12-16(14-25)22(27)26-20-9-5-4-8-19(20)23(28)29/h1-13H,(H,26,27)(H,28,29)/b16-12+. The lowest BCUT2D eigenvalue weighted by molar-refractivity contribution is -0.112. The van der Waals surface area contributed by atoms with Crippen LogP contribution in [0.1, 0.15) is 15.9 Å². The smallest absolute Gasteiger partial charge is 0.339 e. The highest BCUT2D eigenvalue weighted by molar-refractivity contribution is 9.10. The second-order valence-electron chi connectivity index (χ2n) is 6.51. The van der Waals surface area contributed by atoms with E-state index in [0.717, 1.165) is 6.08 Å². The fourth-order valence-corrected chi connectivity index (χ4v) is 4.09. The lowest BCUT2D eigenvalue weighted by atomic mass is 10.1. The zero-order chi connectivity index (χ0) is 24.0. The van der Waals surface area contributed by atoms with Crippen LogP contribution in [-0.4, -0.2) is 25.4 Å². The van der Waals surface area contributed by atoms with Crippen LogP contribution in [-0.2, 0) is 14.9 Å². The number of carboxylic acid groups (broad SMARTS) is 1. The first-order valence-corrected chi connectivity index (χ1v) is 11.5. The van der Waals surface area contributed by atoms with E-state index in [1.54, 1.807) is 30.3 Å². The third kappa shape index (κ3) is 5.85. The van der Waals surface area contributed by atoms with Gasteiger partial charge in [-0.15, -0.1) is 0 Å². The molecule has 166 valence electrons. The Morgan fingerprint density at radius 3 is 2.36 bits per heavy atom. The maximum atomic E-state index is 12.7. The molecule has 0 aliphatic carbocycles. The van der Waals surface area contributed by atoms with Crippen molar-refractivity contribution in [2.24, 2.45) is 0 Å². The predicted octanol–water partition coefficient (Wildman–Crippen LogP) is 4.46. The van der Waals surface area contributed by atoms with Gasteiger partial charge in [0.05, 0.1) is 11.3 Å². The Balaban J connectivity index is 1.96. The van der Waals surface area contributed by atoms with Gasteiger partial charge < -0.3 is 14.6 Å². The zero-order valence-electron chi connectivity index (χ0n) is 16.7. The lowest BCUT2D eigenvalue weighted by Gasteiger charge is -2.11. The number of halogens is 1. The molecule has 0 bridgehead atoms. The summed E-state index contributed by atoms with van der Waals surface area (Å²) in [6, 6.07) is 19.4. The van der Waals surface area contributed by atoms with E-state index in [1.165, 1.54) is 48.5 Å². The summed E-state index contributed by atoms with van der Waals surface area (Å²) in [5, 5.41) is 21.2. The number of nitrogens with zero attached hydrogens (tertiary/aromatic N) is 1. The van der Waals surface area contributed by atoms with Gasteiger partial charge in [0.25, 0.3) is 5.91 Å². The molecule has 0 aromatic heterocycles. The lowest BCUT2D eigenvalue weighted by Crippen LogP contribution is -2.16. The van der Waals surface area contributed by atoms with E-state index >= 15 is 0 Å². The minimum absolute atomic E-state index is 0.00789. The van der Waals surface area contributed by atoms with Crippen LogP contribution in [0.4, 0.5) is 5.69 Å². The summed E-state index contributed by atoms with van der Waals surface area (Å²) in [4.78, 5) is 24.0. The highest BCUT2D eigenvalue weighted by atomic mass is 79.9. The molecule has 10 heteroatoms. The van der Waals surface area contributed by atoms with Crippen molar-refractivity contribution < 1.29 is 27.3 Å². The van der Waals surface area contributed by atoms with Gasteiger partial charge >= 0.3 is 16.1 Å². The summed E-state index contributed by atoms with van der Waals surface area (Å²) in [5.74, 6) is -2.22. The molecule has 0 radical (unpaired) electrons. The molecule has 0 saturated carbocycles. The largest absolute Gasteiger partial charge is 0.478 e. The SMILES string of the molecule is N#C/C(=C\c1cc(Br)ccc1OS(=O)(=O)c1ccccc1)C(=O)Nc1ccccc1C(=O)O. The third-order valence-corrected chi connectivity index (χ3v) is 6.02. The topological polar surface area (TPSA) is 134 Å². The number of carboxylic acids is 1. The van der Waals surface area contributed by atoms with Gasteiger partial charge in [-0.05, 0) is 48.5 Å². The van der Waals surface area contributed by atoms with Crippen molar-refractivity contribution in [2.75, 3.05) is 5.32 Å². The van der Waals surface area contributed by atoms with Gasteiger partial charge in [-0.2, -0.15) is 13.7 Å². The molecule has 0 unspecified atom stereocenters.